The van der Waals surface area contributed by atoms with Gasteiger partial charge in [0.25, 0.3) is 0 Å². The Morgan fingerprint density at radius 3 is 2.71 bits per heavy atom. The lowest BCUT2D eigenvalue weighted by Gasteiger charge is -2.42. The molecule has 0 radical (unpaired) electrons. The van der Waals surface area contributed by atoms with Crippen LogP contribution < -0.4 is 0 Å². The van der Waals surface area contributed by atoms with Crippen molar-refractivity contribution in [1.29, 1.82) is 0 Å². The first-order chi connectivity index (χ1) is 9.90. The molecule has 1 atom stereocenters. The number of hydrogen-bond donors (Lipinski definition) is 1. The van der Waals surface area contributed by atoms with E-state index in [4.69, 9.17) is 4.74 Å². The highest BCUT2D eigenvalue weighted by molar-refractivity contribution is 9.10. The second-order valence-corrected chi connectivity index (χ2v) is 7.02. The molecule has 120 valence electrons. The minimum Gasteiger partial charge on any atom is -0.394 e. The van der Waals surface area contributed by atoms with Crippen LogP contribution >= 0.6 is 15.9 Å². The predicted octanol–water partition coefficient (Wildman–Crippen LogP) is 2.20. The standard InChI is InChI=1S/C15H26BrN3O2/c1-5-12-14(16)13(19(6-2)17-12)8-18-7-11(9-20)21-15(3,4)10-18/h11,20H,5-10H2,1-4H3. The van der Waals surface area contributed by atoms with Crippen molar-refractivity contribution in [1.82, 2.24) is 14.7 Å². The summed E-state index contributed by atoms with van der Waals surface area (Å²) < 4.78 is 9.07. The van der Waals surface area contributed by atoms with E-state index in [9.17, 15) is 5.11 Å². The van der Waals surface area contributed by atoms with E-state index in [2.05, 4.69) is 58.3 Å². The maximum Gasteiger partial charge on any atom is 0.0940 e. The summed E-state index contributed by atoms with van der Waals surface area (Å²) in [4.78, 5) is 2.34. The number of rotatable bonds is 5. The Balaban J connectivity index is 2.19. The van der Waals surface area contributed by atoms with Crippen LogP contribution in [-0.2, 0) is 24.2 Å². The maximum absolute atomic E-state index is 9.43. The van der Waals surface area contributed by atoms with Gasteiger partial charge in [0.2, 0.25) is 0 Å². The number of aliphatic hydroxyl groups excluding tert-OH is 1. The summed E-state index contributed by atoms with van der Waals surface area (Å²) in [7, 11) is 0. The molecule has 1 aromatic rings. The van der Waals surface area contributed by atoms with Crippen LogP contribution in [0.15, 0.2) is 4.47 Å². The summed E-state index contributed by atoms with van der Waals surface area (Å²) in [6, 6.07) is 0. The zero-order chi connectivity index (χ0) is 15.6. The second-order valence-electron chi connectivity index (χ2n) is 6.23. The van der Waals surface area contributed by atoms with Crippen LogP contribution in [0.4, 0.5) is 0 Å². The fourth-order valence-corrected chi connectivity index (χ4v) is 3.70. The van der Waals surface area contributed by atoms with E-state index in [-0.39, 0.29) is 18.3 Å². The molecular formula is C15H26BrN3O2. The molecule has 0 amide bonds. The summed E-state index contributed by atoms with van der Waals surface area (Å²) in [6.45, 7) is 11.7. The van der Waals surface area contributed by atoms with E-state index in [1.54, 1.807) is 0 Å². The molecule has 1 saturated heterocycles. The molecule has 21 heavy (non-hydrogen) atoms. The number of hydrogen-bond acceptors (Lipinski definition) is 4. The van der Waals surface area contributed by atoms with Gasteiger partial charge in [0.15, 0.2) is 0 Å². The van der Waals surface area contributed by atoms with Crippen molar-refractivity contribution in [2.24, 2.45) is 0 Å². The quantitative estimate of drug-likeness (QED) is 0.875. The van der Waals surface area contributed by atoms with Crippen molar-refractivity contribution in [2.45, 2.75) is 58.9 Å². The van der Waals surface area contributed by atoms with Gasteiger partial charge in [-0.15, -0.1) is 0 Å². The van der Waals surface area contributed by atoms with Crippen molar-refractivity contribution in [3.05, 3.63) is 15.9 Å². The molecule has 0 aliphatic carbocycles. The van der Waals surface area contributed by atoms with Crippen molar-refractivity contribution in [2.75, 3.05) is 19.7 Å². The SMILES string of the molecule is CCc1nn(CC)c(CN2CC(CO)OC(C)(C)C2)c1Br. The third-order valence-electron chi connectivity index (χ3n) is 3.82. The minimum atomic E-state index is -0.233. The Hall–Kier alpha value is -0.430. The van der Waals surface area contributed by atoms with Gasteiger partial charge in [0.1, 0.15) is 0 Å². The maximum atomic E-state index is 9.43. The number of aliphatic hydroxyl groups is 1. The smallest absolute Gasteiger partial charge is 0.0940 e. The average molecular weight is 360 g/mol. The Morgan fingerprint density at radius 2 is 2.14 bits per heavy atom. The number of ether oxygens (including phenoxy) is 1. The van der Waals surface area contributed by atoms with Crippen LogP contribution in [0.5, 0.6) is 0 Å². The van der Waals surface area contributed by atoms with Gasteiger partial charge in [-0.05, 0) is 43.1 Å². The lowest BCUT2D eigenvalue weighted by molar-refractivity contribution is -0.151. The lowest BCUT2D eigenvalue weighted by atomic mass is 10.1. The molecule has 2 heterocycles. The first kappa shape index (κ1) is 16.9. The number of morpholine rings is 1. The van der Waals surface area contributed by atoms with Gasteiger partial charge in [0.05, 0.1) is 34.2 Å². The van der Waals surface area contributed by atoms with Gasteiger partial charge >= 0.3 is 0 Å². The summed E-state index contributed by atoms with van der Waals surface area (Å²) >= 11 is 3.70. The third-order valence-corrected chi connectivity index (χ3v) is 4.74. The highest BCUT2D eigenvalue weighted by atomic mass is 79.9. The molecule has 5 nitrogen and oxygen atoms in total. The monoisotopic (exact) mass is 359 g/mol. The largest absolute Gasteiger partial charge is 0.394 e. The van der Waals surface area contributed by atoms with Crippen molar-refractivity contribution in [3.63, 3.8) is 0 Å². The van der Waals surface area contributed by atoms with Crippen LogP contribution in [0.2, 0.25) is 0 Å². The first-order valence-electron chi connectivity index (χ1n) is 7.65. The summed E-state index contributed by atoms with van der Waals surface area (Å²) in [5, 5.41) is 14.1. The number of halogens is 1. The topological polar surface area (TPSA) is 50.5 Å². The Morgan fingerprint density at radius 1 is 1.43 bits per heavy atom. The fraction of sp³-hybridized carbons (Fsp3) is 0.800. The summed E-state index contributed by atoms with van der Waals surface area (Å²) in [6.07, 6.45) is 0.810. The molecule has 0 saturated carbocycles. The van der Waals surface area contributed by atoms with Gasteiger partial charge < -0.3 is 9.84 Å². The van der Waals surface area contributed by atoms with Gasteiger partial charge in [-0.2, -0.15) is 5.10 Å². The zero-order valence-electron chi connectivity index (χ0n) is 13.4. The van der Waals surface area contributed by atoms with E-state index in [1.807, 2.05) is 0 Å². The molecular weight excluding hydrogens is 334 g/mol. The van der Waals surface area contributed by atoms with E-state index >= 15 is 0 Å². The summed E-state index contributed by atoms with van der Waals surface area (Å²) in [5.74, 6) is 0. The molecule has 0 aromatic carbocycles. The minimum absolute atomic E-state index is 0.0638. The highest BCUT2D eigenvalue weighted by Gasteiger charge is 2.33. The fourth-order valence-electron chi connectivity index (χ4n) is 3.01. The van der Waals surface area contributed by atoms with Crippen LogP contribution in [-0.4, -0.2) is 51.2 Å². The lowest BCUT2D eigenvalue weighted by Crippen LogP contribution is -2.53. The van der Waals surface area contributed by atoms with Crippen LogP contribution in [0.1, 0.15) is 39.1 Å². The van der Waals surface area contributed by atoms with Crippen LogP contribution in [0, 0.1) is 0 Å². The van der Waals surface area contributed by atoms with Crippen molar-refractivity contribution in [3.8, 4) is 0 Å². The number of aryl methyl sites for hydroxylation is 2. The Labute approximate surface area is 135 Å². The first-order valence-corrected chi connectivity index (χ1v) is 8.44. The zero-order valence-corrected chi connectivity index (χ0v) is 15.0. The molecule has 2 rings (SSSR count). The van der Waals surface area contributed by atoms with E-state index in [1.165, 1.54) is 5.69 Å². The van der Waals surface area contributed by atoms with Gasteiger partial charge in [-0.1, -0.05) is 6.92 Å². The molecule has 1 aliphatic rings. The molecule has 6 heteroatoms. The van der Waals surface area contributed by atoms with E-state index in [0.29, 0.717) is 0 Å². The highest BCUT2D eigenvalue weighted by Crippen LogP contribution is 2.27. The van der Waals surface area contributed by atoms with Gasteiger partial charge in [0, 0.05) is 26.2 Å². The summed E-state index contributed by atoms with van der Waals surface area (Å²) in [5.41, 5.74) is 2.09. The van der Waals surface area contributed by atoms with Gasteiger partial charge in [-0.25, -0.2) is 0 Å². The molecule has 1 aromatic heterocycles. The molecule has 1 fully saturated rings. The Kier molecular flexibility index (Phi) is 5.46. The van der Waals surface area contributed by atoms with E-state index < -0.39 is 0 Å². The van der Waals surface area contributed by atoms with Crippen molar-refractivity contribution < 1.29 is 9.84 Å². The van der Waals surface area contributed by atoms with E-state index in [0.717, 1.165) is 42.8 Å². The molecule has 0 spiro atoms. The van der Waals surface area contributed by atoms with Crippen LogP contribution in [0.3, 0.4) is 0 Å². The average Bonchev–Trinajstić information content (AvgIpc) is 2.73. The molecule has 0 bridgehead atoms. The Bertz CT molecular complexity index is 488. The number of aromatic nitrogens is 2. The third kappa shape index (κ3) is 3.86. The van der Waals surface area contributed by atoms with Crippen LogP contribution in [0.25, 0.3) is 0 Å². The van der Waals surface area contributed by atoms with Gasteiger partial charge in [-0.3, -0.25) is 9.58 Å². The predicted molar refractivity (Wildman–Crippen MR) is 86.3 cm³/mol. The normalized spacial score (nSPS) is 22.7. The molecule has 1 N–H and O–H groups in total. The van der Waals surface area contributed by atoms with Crippen molar-refractivity contribution >= 4 is 15.9 Å². The molecule has 1 aliphatic heterocycles. The second kappa shape index (κ2) is 6.77. The number of nitrogens with zero attached hydrogens (tertiary/aromatic N) is 3. The molecule has 1 unspecified atom stereocenters.